The Morgan fingerprint density at radius 3 is 2.65 bits per heavy atom. The molecule has 0 saturated heterocycles. The minimum absolute atomic E-state index is 0.0259. The molecule has 0 aliphatic carbocycles. The first-order valence-electron chi connectivity index (χ1n) is 5.06. The van der Waals surface area contributed by atoms with Gasteiger partial charge < -0.3 is 5.11 Å². The molecule has 0 aliphatic rings. The fourth-order valence-corrected chi connectivity index (χ4v) is 1.95. The van der Waals surface area contributed by atoms with Crippen molar-refractivity contribution in [1.82, 2.24) is 9.78 Å². The molecule has 1 N–H and O–H groups in total. The van der Waals surface area contributed by atoms with Crippen molar-refractivity contribution < 1.29 is 9.90 Å². The molecule has 0 atom stereocenters. The Labute approximate surface area is 107 Å². The fourth-order valence-electron chi connectivity index (χ4n) is 1.69. The molecule has 0 radical (unpaired) electrons. The van der Waals surface area contributed by atoms with Crippen LogP contribution in [-0.4, -0.2) is 20.9 Å². The van der Waals surface area contributed by atoms with Gasteiger partial charge in [-0.15, -0.1) is 0 Å². The van der Waals surface area contributed by atoms with Crippen LogP contribution in [0.4, 0.5) is 0 Å². The predicted molar refractivity (Wildman–Crippen MR) is 67.7 cm³/mol. The number of aryl methyl sites for hydroxylation is 1. The van der Waals surface area contributed by atoms with E-state index in [-0.39, 0.29) is 6.42 Å². The molecule has 0 amide bonds. The van der Waals surface area contributed by atoms with Gasteiger partial charge >= 0.3 is 5.97 Å². The van der Waals surface area contributed by atoms with Gasteiger partial charge in [0.05, 0.1) is 18.3 Å². The summed E-state index contributed by atoms with van der Waals surface area (Å²) in [4.78, 5) is 10.8. The van der Waals surface area contributed by atoms with Gasteiger partial charge in [-0.2, -0.15) is 5.10 Å². The van der Waals surface area contributed by atoms with Gasteiger partial charge in [-0.3, -0.25) is 9.48 Å². The highest BCUT2D eigenvalue weighted by Gasteiger charge is 2.13. The molecule has 5 heteroatoms. The molecule has 0 spiro atoms. The Bertz CT molecular complexity index is 546. The van der Waals surface area contributed by atoms with Gasteiger partial charge in [-0.1, -0.05) is 28.1 Å². The van der Waals surface area contributed by atoms with E-state index in [1.807, 2.05) is 24.3 Å². The van der Waals surface area contributed by atoms with Gasteiger partial charge in [0.2, 0.25) is 0 Å². The van der Waals surface area contributed by atoms with Crippen molar-refractivity contribution in [2.24, 2.45) is 7.05 Å². The first-order valence-corrected chi connectivity index (χ1v) is 5.86. The van der Waals surface area contributed by atoms with Gasteiger partial charge in [-0.05, 0) is 17.7 Å². The standard InChI is InChI=1S/C12H11BrN2O2/c1-15-11(6-12(16)17)10(7-14-15)8-2-4-9(13)5-3-8/h2-5,7H,6H2,1H3,(H,16,17). The fraction of sp³-hybridized carbons (Fsp3) is 0.167. The van der Waals surface area contributed by atoms with Crippen molar-refractivity contribution in [3.05, 3.63) is 40.6 Å². The quantitative estimate of drug-likeness (QED) is 0.946. The molecule has 1 aromatic carbocycles. The Morgan fingerprint density at radius 1 is 1.41 bits per heavy atom. The van der Waals surface area contributed by atoms with Crippen molar-refractivity contribution >= 4 is 21.9 Å². The largest absolute Gasteiger partial charge is 0.481 e. The van der Waals surface area contributed by atoms with E-state index in [4.69, 9.17) is 5.11 Å². The van der Waals surface area contributed by atoms with Gasteiger partial charge in [-0.25, -0.2) is 0 Å². The van der Waals surface area contributed by atoms with Crippen LogP contribution in [-0.2, 0) is 18.3 Å². The highest BCUT2D eigenvalue weighted by molar-refractivity contribution is 9.10. The number of halogens is 1. The smallest absolute Gasteiger partial charge is 0.309 e. The van der Waals surface area contributed by atoms with E-state index in [9.17, 15) is 4.79 Å². The Morgan fingerprint density at radius 2 is 2.06 bits per heavy atom. The number of nitrogens with zero attached hydrogens (tertiary/aromatic N) is 2. The second kappa shape index (κ2) is 4.71. The van der Waals surface area contributed by atoms with Crippen LogP contribution in [0.5, 0.6) is 0 Å². The van der Waals surface area contributed by atoms with Crippen LogP contribution in [0.3, 0.4) is 0 Å². The van der Waals surface area contributed by atoms with Gasteiger partial charge in [0.15, 0.2) is 0 Å². The Balaban J connectivity index is 2.45. The lowest BCUT2D eigenvalue weighted by Gasteiger charge is -2.04. The average Bonchev–Trinajstić information content (AvgIpc) is 2.61. The summed E-state index contributed by atoms with van der Waals surface area (Å²) in [5, 5.41) is 13.0. The van der Waals surface area contributed by atoms with Crippen LogP contribution in [0.25, 0.3) is 11.1 Å². The van der Waals surface area contributed by atoms with Crippen molar-refractivity contribution in [2.75, 3.05) is 0 Å². The first-order chi connectivity index (χ1) is 8.08. The number of carboxylic acids is 1. The highest BCUT2D eigenvalue weighted by Crippen LogP contribution is 2.25. The van der Waals surface area contributed by atoms with E-state index >= 15 is 0 Å². The number of carboxylic acid groups (broad SMARTS) is 1. The summed E-state index contributed by atoms with van der Waals surface area (Å²) in [7, 11) is 1.75. The second-order valence-corrected chi connectivity index (χ2v) is 4.62. The van der Waals surface area contributed by atoms with Crippen LogP contribution < -0.4 is 0 Å². The number of carbonyl (C=O) groups is 1. The van der Waals surface area contributed by atoms with Crippen LogP contribution in [0, 0.1) is 0 Å². The lowest BCUT2D eigenvalue weighted by Crippen LogP contribution is -2.07. The molecule has 0 bridgehead atoms. The van der Waals surface area contributed by atoms with E-state index in [1.54, 1.807) is 17.9 Å². The zero-order valence-electron chi connectivity index (χ0n) is 9.22. The van der Waals surface area contributed by atoms with E-state index in [0.29, 0.717) is 5.69 Å². The topological polar surface area (TPSA) is 55.1 Å². The Hall–Kier alpha value is -1.62. The van der Waals surface area contributed by atoms with E-state index in [0.717, 1.165) is 15.6 Å². The molecule has 4 nitrogen and oxygen atoms in total. The first kappa shape index (κ1) is 11.9. The van der Waals surface area contributed by atoms with Gasteiger partial charge in [0.1, 0.15) is 0 Å². The third-order valence-electron chi connectivity index (χ3n) is 2.54. The second-order valence-electron chi connectivity index (χ2n) is 3.71. The number of benzene rings is 1. The summed E-state index contributed by atoms with van der Waals surface area (Å²) < 4.78 is 2.59. The zero-order chi connectivity index (χ0) is 12.4. The number of aliphatic carboxylic acids is 1. The van der Waals surface area contributed by atoms with Crippen LogP contribution in [0.15, 0.2) is 34.9 Å². The molecular weight excluding hydrogens is 284 g/mol. The van der Waals surface area contributed by atoms with Crippen molar-refractivity contribution in [3.63, 3.8) is 0 Å². The number of rotatable bonds is 3. The average molecular weight is 295 g/mol. The maximum atomic E-state index is 10.8. The molecule has 2 aromatic rings. The lowest BCUT2D eigenvalue weighted by atomic mass is 10.1. The molecule has 88 valence electrons. The molecule has 0 fully saturated rings. The number of hydrogen-bond donors (Lipinski definition) is 1. The molecule has 0 aliphatic heterocycles. The molecule has 0 saturated carbocycles. The SMILES string of the molecule is Cn1ncc(-c2ccc(Br)cc2)c1CC(=O)O. The van der Waals surface area contributed by atoms with Crippen molar-refractivity contribution in [2.45, 2.75) is 6.42 Å². The summed E-state index contributed by atoms with van der Waals surface area (Å²) in [6, 6.07) is 7.72. The normalized spacial score (nSPS) is 10.5. The third-order valence-corrected chi connectivity index (χ3v) is 3.06. The highest BCUT2D eigenvalue weighted by atomic mass is 79.9. The predicted octanol–water partition coefficient (Wildman–Crippen LogP) is 2.48. The monoisotopic (exact) mass is 294 g/mol. The molecule has 1 aromatic heterocycles. The van der Waals surface area contributed by atoms with Crippen LogP contribution in [0.1, 0.15) is 5.69 Å². The molecule has 17 heavy (non-hydrogen) atoms. The van der Waals surface area contributed by atoms with Crippen LogP contribution >= 0.6 is 15.9 Å². The molecule has 2 rings (SSSR count). The number of hydrogen-bond acceptors (Lipinski definition) is 2. The van der Waals surface area contributed by atoms with Gasteiger partial charge in [0, 0.05) is 17.1 Å². The summed E-state index contributed by atoms with van der Waals surface area (Å²) in [5.41, 5.74) is 2.54. The van der Waals surface area contributed by atoms with Gasteiger partial charge in [0.25, 0.3) is 0 Å². The molecule has 1 heterocycles. The van der Waals surface area contributed by atoms with E-state index < -0.39 is 5.97 Å². The maximum Gasteiger partial charge on any atom is 0.309 e. The zero-order valence-corrected chi connectivity index (χ0v) is 10.8. The summed E-state index contributed by atoms with van der Waals surface area (Å²) >= 11 is 3.37. The third kappa shape index (κ3) is 2.55. The maximum absolute atomic E-state index is 10.8. The van der Waals surface area contributed by atoms with Crippen molar-refractivity contribution in [1.29, 1.82) is 0 Å². The Kier molecular flexibility index (Phi) is 3.28. The minimum atomic E-state index is -0.855. The summed E-state index contributed by atoms with van der Waals surface area (Å²) in [6.07, 6.45) is 1.67. The molecule has 0 unspecified atom stereocenters. The lowest BCUT2D eigenvalue weighted by molar-refractivity contribution is -0.136. The summed E-state index contributed by atoms with van der Waals surface area (Å²) in [5.74, 6) is -0.855. The summed E-state index contributed by atoms with van der Waals surface area (Å²) in [6.45, 7) is 0. The van der Waals surface area contributed by atoms with E-state index in [2.05, 4.69) is 21.0 Å². The van der Waals surface area contributed by atoms with E-state index in [1.165, 1.54) is 0 Å². The number of aromatic nitrogens is 2. The minimum Gasteiger partial charge on any atom is -0.481 e. The van der Waals surface area contributed by atoms with Crippen molar-refractivity contribution in [3.8, 4) is 11.1 Å². The molecular formula is C12H11BrN2O2. The van der Waals surface area contributed by atoms with Crippen LogP contribution in [0.2, 0.25) is 0 Å².